The molecule has 8 nitrogen and oxygen atoms in total. The number of aryl methyl sites for hydroxylation is 1. The highest BCUT2D eigenvalue weighted by atomic mass is 16.5. The molecule has 0 aliphatic carbocycles. The van der Waals surface area contributed by atoms with Crippen molar-refractivity contribution in [3.05, 3.63) is 23.3 Å². The van der Waals surface area contributed by atoms with Crippen molar-refractivity contribution in [2.75, 3.05) is 46.4 Å². The first kappa shape index (κ1) is 25.5. The first-order valence-corrected chi connectivity index (χ1v) is 13.1. The zero-order valence-electron chi connectivity index (χ0n) is 21.6. The van der Waals surface area contributed by atoms with Gasteiger partial charge in [-0.15, -0.1) is 0 Å². The Balaban J connectivity index is 1.25. The number of amides is 1. The minimum absolute atomic E-state index is 0.0599. The number of H-pyrrole nitrogens is 1. The number of fused-ring (bicyclic) bond motifs is 1. The van der Waals surface area contributed by atoms with Gasteiger partial charge in [-0.25, -0.2) is 0 Å². The number of aromatic amines is 1. The third-order valence-electron chi connectivity index (χ3n) is 7.79. The van der Waals surface area contributed by atoms with E-state index in [4.69, 9.17) is 9.47 Å². The van der Waals surface area contributed by atoms with Crippen molar-refractivity contribution < 1.29 is 19.1 Å². The summed E-state index contributed by atoms with van der Waals surface area (Å²) in [5, 5.41) is 0. The lowest BCUT2D eigenvalue weighted by molar-refractivity contribution is -0.144. The maximum absolute atomic E-state index is 13.2. The first-order valence-electron chi connectivity index (χ1n) is 13.1. The summed E-state index contributed by atoms with van der Waals surface area (Å²) in [5.74, 6) is 1.45. The summed E-state index contributed by atoms with van der Waals surface area (Å²) < 4.78 is 10.3. The number of esters is 1. The number of aromatic nitrogens is 2. The molecule has 2 aromatic rings. The predicted octanol–water partition coefficient (Wildman–Crippen LogP) is 3.57. The van der Waals surface area contributed by atoms with Crippen LogP contribution in [-0.2, 0) is 20.7 Å². The van der Waals surface area contributed by atoms with Gasteiger partial charge < -0.3 is 19.4 Å². The molecule has 1 aromatic carbocycles. The number of benzene rings is 1. The number of imidazole rings is 1. The molecule has 2 aliphatic rings. The number of hydrogen-bond acceptors (Lipinski definition) is 6. The Morgan fingerprint density at radius 1 is 1.11 bits per heavy atom. The van der Waals surface area contributed by atoms with Gasteiger partial charge >= 0.3 is 5.97 Å². The van der Waals surface area contributed by atoms with E-state index in [1.165, 1.54) is 0 Å². The van der Waals surface area contributed by atoms with Crippen molar-refractivity contribution >= 4 is 22.9 Å². The van der Waals surface area contributed by atoms with Crippen molar-refractivity contribution in [2.24, 2.45) is 17.8 Å². The lowest BCUT2D eigenvalue weighted by Crippen LogP contribution is -2.45. The van der Waals surface area contributed by atoms with Gasteiger partial charge in [0.1, 0.15) is 0 Å². The smallest absolute Gasteiger partial charge is 0.320 e. The zero-order chi connectivity index (χ0) is 24.9. The fraction of sp³-hybridized carbons (Fsp3) is 0.667. The molecule has 0 spiro atoms. The lowest BCUT2D eigenvalue weighted by Gasteiger charge is -2.40. The van der Waals surface area contributed by atoms with Crippen molar-refractivity contribution in [1.82, 2.24) is 19.8 Å². The van der Waals surface area contributed by atoms with Gasteiger partial charge in [0.25, 0.3) is 6.01 Å². The molecular formula is C27H40N4O4. The molecule has 2 fully saturated rings. The Bertz CT molecular complexity index is 1020. The minimum Gasteiger partial charge on any atom is -0.468 e. The van der Waals surface area contributed by atoms with Crippen LogP contribution in [0, 0.1) is 24.7 Å². The monoisotopic (exact) mass is 484 g/mol. The number of hydrogen-bond donors (Lipinski definition) is 1. The highest BCUT2D eigenvalue weighted by molar-refractivity contribution is 5.81. The topological polar surface area (TPSA) is 87.8 Å². The third-order valence-corrected chi connectivity index (χ3v) is 7.79. The number of nitrogens with one attached hydrogen (secondary N) is 1. The normalized spacial score (nSPS) is 19.1. The van der Waals surface area contributed by atoms with Crippen molar-refractivity contribution in [2.45, 2.75) is 52.9 Å². The highest BCUT2D eigenvalue weighted by Gasteiger charge is 2.32. The number of carbonyl (C=O) groups is 2. The molecule has 1 N–H and O–H groups in total. The number of piperidine rings is 2. The predicted molar refractivity (Wildman–Crippen MR) is 135 cm³/mol. The largest absolute Gasteiger partial charge is 0.468 e. The van der Waals surface area contributed by atoms with E-state index in [-0.39, 0.29) is 17.8 Å². The molecule has 1 aromatic heterocycles. The van der Waals surface area contributed by atoms with Crippen LogP contribution in [0.5, 0.6) is 6.01 Å². The Morgan fingerprint density at radius 3 is 2.40 bits per heavy atom. The molecule has 2 saturated heterocycles. The van der Waals surface area contributed by atoms with Gasteiger partial charge in [0.05, 0.1) is 31.3 Å². The maximum Gasteiger partial charge on any atom is 0.320 e. The van der Waals surface area contributed by atoms with E-state index in [1.807, 2.05) is 13.8 Å². The van der Waals surface area contributed by atoms with Crippen LogP contribution in [0.1, 0.15) is 50.7 Å². The number of rotatable bonds is 8. The molecule has 3 heterocycles. The molecule has 0 radical (unpaired) electrons. The van der Waals surface area contributed by atoms with E-state index in [9.17, 15) is 9.59 Å². The van der Waals surface area contributed by atoms with Gasteiger partial charge in [0.2, 0.25) is 5.91 Å². The second-order valence-electron chi connectivity index (χ2n) is 10.2. The van der Waals surface area contributed by atoms with Crippen LogP contribution in [0.25, 0.3) is 11.0 Å². The molecule has 4 rings (SSSR count). The summed E-state index contributed by atoms with van der Waals surface area (Å²) in [7, 11) is 1.60. The quantitative estimate of drug-likeness (QED) is 0.577. The van der Waals surface area contributed by atoms with Gasteiger partial charge in [-0.05, 0) is 88.1 Å². The second kappa shape index (κ2) is 11.4. The molecule has 1 atom stereocenters. The molecule has 192 valence electrons. The summed E-state index contributed by atoms with van der Waals surface area (Å²) in [6, 6.07) is 4.72. The van der Waals surface area contributed by atoms with Crippen LogP contribution in [-0.4, -0.2) is 78.1 Å². The molecule has 0 unspecified atom stereocenters. The van der Waals surface area contributed by atoms with Crippen molar-refractivity contribution in [1.29, 1.82) is 0 Å². The van der Waals surface area contributed by atoms with Gasteiger partial charge in [-0.3, -0.25) is 14.5 Å². The van der Waals surface area contributed by atoms with Crippen LogP contribution >= 0.6 is 0 Å². The van der Waals surface area contributed by atoms with E-state index >= 15 is 0 Å². The SMILES string of the molecule is CCOC(=O)CN1CCC(C2CCN(C(=O)[C@H](C)Cc3cc(C)c4[nH]c(OC)nc4c3)CC2)CC1. The summed E-state index contributed by atoms with van der Waals surface area (Å²) in [6.45, 7) is 10.4. The standard InChI is InChI=1S/C27H40N4O4/c1-5-35-24(32)17-30-10-6-21(7-11-30)22-8-12-31(13-9-22)26(33)19(3)15-20-14-18(2)25-23(16-20)28-27(29-25)34-4/h14,16,19,21-22H,5-13,15,17H2,1-4H3,(H,28,29)/t19-/m1/s1. The summed E-state index contributed by atoms with van der Waals surface area (Å²) >= 11 is 0. The molecule has 35 heavy (non-hydrogen) atoms. The van der Waals surface area contributed by atoms with E-state index in [1.54, 1.807) is 7.11 Å². The van der Waals surface area contributed by atoms with E-state index in [0.717, 1.165) is 74.0 Å². The van der Waals surface area contributed by atoms with E-state index in [0.29, 0.717) is 37.4 Å². The first-order chi connectivity index (χ1) is 16.9. The fourth-order valence-electron chi connectivity index (χ4n) is 5.87. The van der Waals surface area contributed by atoms with E-state index in [2.05, 4.69) is 38.8 Å². The Hall–Kier alpha value is -2.61. The minimum atomic E-state index is -0.119. The van der Waals surface area contributed by atoms with Gasteiger partial charge in [0, 0.05) is 19.0 Å². The van der Waals surface area contributed by atoms with Crippen LogP contribution in [0.3, 0.4) is 0 Å². The van der Waals surface area contributed by atoms with Crippen LogP contribution < -0.4 is 4.74 Å². The average molecular weight is 485 g/mol. The number of carbonyl (C=O) groups excluding carboxylic acids is 2. The van der Waals surface area contributed by atoms with Crippen LogP contribution in [0.15, 0.2) is 12.1 Å². The zero-order valence-corrected chi connectivity index (χ0v) is 21.6. The van der Waals surface area contributed by atoms with Gasteiger partial charge in [-0.2, -0.15) is 4.98 Å². The Morgan fingerprint density at radius 2 is 1.77 bits per heavy atom. The molecule has 2 aliphatic heterocycles. The van der Waals surface area contributed by atoms with Gasteiger partial charge in [-0.1, -0.05) is 13.0 Å². The third kappa shape index (κ3) is 6.15. The van der Waals surface area contributed by atoms with Crippen molar-refractivity contribution in [3.8, 4) is 6.01 Å². The summed E-state index contributed by atoms with van der Waals surface area (Å²) in [5.41, 5.74) is 4.11. The molecule has 8 heteroatoms. The molecule has 1 amide bonds. The number of nitrogens with zero attached hydrogens (tertiary/aromatic N) is 3. The van der Waals surface area contributed by atoms with Gasteiger partial charge in [0.15, 0.2) is 0 Å². The lowest BCUT2D eigenvalue weighted by atomic mass is 9.78. The average Bonchev–Trinajstić information content (AvgIpc) is 3.28. The maximum atomic E-state index is 13.2. The molecule has 0 saturated carbocycles. The number of ether oxygens (including phenoxy) is 2. The Labute approximate surface area is 208 Å². The van der Waals surface area contributed by atoms with Crippen LogP contribution in [0.4, 0.5) is 0 Å². The number of methoxy groups -OCH3 is 1. The highest BCUT2D eigenvalue weighted by Crippen LogP contribution is 2.33. The fourth-order valence-corrected chi connectivity index (χ4v) is 5.87. The summed E-state index contributed by atoms with van der Waals surface area (Å²) in [6.07, 6.45) is 5.14. The molecule has 0 bridgehead atoms. The Kier molecular flexibility index (Phi) is 8.31. The second-order valence-corrected chi connectivity index (χ2v) is 10.2. The summed E-state index contributed by atoms with van der Waals surface area (Å²) in [4.78, 5) is 36.9. The number of likely N-dealkylation sites (tertiary alicyclic amines) is 2. The molecular weight excluding hydrogens is 444 g/mol. The van der Waals surface area contributed by atoms with E-state index < -0.39 is 0 Å². The van der Waals surface area contributed by atoms with Crippen molar-refractivity contribution in [3.63, 3.8) is 0 Å². The van der Waals surface area contributed by atoms with Crippen LogP contribution in [0.2, 0.25) is 0 Å².